The zero-order valence-corrected chi connectivity index (χ0v) is 18.8. The van der Waals surface area contributed by atoms with Crippen molar-refractivity contribution in [2.45, 2.75) is 19.6 Å². The molecule has 0 saturated heterocycles. The molecule has 176 valence electrons. The third-order valence-electron chi connectivity index (χ3n) is 5.30. The molecule has 4 rings (SSSR count). The Kier molecular flexibility index (Phi) is 7.77. The highest BCUT2D eigenvalue weighted by atomic mass is 16.5. The molecule has 3 N–H and O–H groups in total. The standard InChI is InChI=1S/C27H24N4O4/c32-26(30-16-19-5-2-1-3-6-19)15-22-11-8-21(17-29-22)20-9-12-23(13-10-20)35-18-25-24(27(33)31-34)7-4-14-28-25/h1-14,17,34H,15-16,18H2,(H,30,32)(H,31,33). The van der Waals surface area contributed by atoms with Crippen LogP contribution in [0.3, 0.4) is 0 Å². The molecule has 0 unspecified atom stereocenters. The highest BCUT2D eigenvalue weighted by molar-refractivity contribution is 5.94. The molecule has 0 atom stereocenters. The molecule has 8 nitrogen and oxygen atoms in total. The molecule has 2 amide bonds. The second-order valence-electron chi connectivity index (χ2n) is 7.73. The Morgan fingerprint density at radius 2 is 1.63 bits per heavy atom. The molecule has 35 heavy (non-hydrogen) atoms. The third-order valence-corrected chi connectivity index (χ3v) is 5.30. The van der Waals surface area contributed by atoms with Crippen LogP contribution in [0.1, 0.15) is 27.3 Å². The molecule has 0 radical (unpaired) electrons. The summed E-state index contributed by atoms with van der Waals surface area (Å²) in [6.07, 6.45) is 3.51. The van der Waals surface area contributed by atoms with Gasteiger partial charge in [0.05, 0.1) is 17.7 Å². The summed E-state index contributed by atoms with van der Waals surface area (Å²) in [4.78, 5) is 32.5. The van der Waals surface area contributed by atoms with Crippen molar-refractivity contribution in [2.75, 3.05) is 0 Å². The molecular weight excluding hydrogens is 444 g/mol. The van der Waals surface area contributed by atoms with Crippen LogP contribution >= 0.6 is 0 Å². The van der Waals surface area contributed by atoms with E-state index >= 15 is 0 Å². The number of aromatic nitrogens is 2. The van der Waals surface area contributed by atoms with Crippen LogP contribution in [0.4, 0.5) is 0 Å². The summed E-state index contributed by atoms with van der Waals surface area (Å²) < 4.78 is 5.75. The van der Waals surface area contributed by atoms with Crippen LogP contribution < -0.4 is 15.5 Å². The fraction of sp³-hybridized carbons (Fsp3) is 0.111. The lowest BCUT2D eigenvalue weighted by Gasteiger charge is -2.10. The number of hydroxylamine groups is 1. The van der Waals surface area contributed by atoms with E-state index in [1.54, 1.807) is 30.0 Å². The molecule has 2 aromatic carbocycles. The van der Waals surface area contributed by atoms with Crippen LogP contribution in [0.5, 0.6) is 5.75 Å². The fourth-order valence-electron chi connectivity index (χ4n) is 3.44. The topological polar surface area (TPSA) is 113 Å². The SMILES string of the molecule is O=C(Cc1ccc(-c2ccc(OCc3ncccc3C(=O)NO)cc2)cn1)NCc1ccccc1. The number of carbonyl (C=O) groups is 2. The van der Waals surface area contributed by atoms with E-state index in [2.05, 4.69) is 15.3 Å². The summed E-state index contributed by atoms with van der Waals surface area (Å²) >= 11 is 0. The van der Waals surface area contributed by atoms with Crippen LogP contribution in [-0.4, -0.2) is 27.0 Å². The van der Waals surface area contributed by atoms with E-state index in [1.165, 1.54) is 0 Å². The minimum Gasteiger partial charge on any atom is -0.487 e. The molecule has 0 fully saturated rings. The molecule has 0 bridgehead atoms. The van der Waals surface area contributed by atoms with Gasteiger partial charge in [-0.15, -0.1) is 0 Å². The number of nitrogens with zero attached hydrogens (tertiary/aromatic N) is 2. The van der Waals surface area contributed by atoms with Crippen molar-refractivity contribution >= 4 is 11.8 Å². The number of pyridine rings is 2. The number of rotatable bonds is 9. The Morgan fingerprint density at radius 3 is 2.34 bits per heavy atom. The van der Waals surface area contributed by atoms with E-state index in [4.69, 9.17) is 9.94 Å². The maximum Gasteiger partial charge on any atom is 0.276 e. The number of nitrogens with one attached hydrogen (secondary N) is 2. The molecule has 0 saturated carbocycles. The van der Waals surface area contributed by atoms with Gasteiger partial charge in [0.2, 0.25) is 5.91 Å². The van der Waals surface area contributed by atoms with E-state index in [0.717, 1.165) is 16.7 Å². The van der Waals surface area contributed by atoms with Gasteiger partial charge in [0, 0.05) is 30.2 Å². The molecule has 0 aliphatic rings. The molecule has 0 spiro atoms. The van der Waals surface area contributed by atoms with Crippen molar-refractivity contribution in [3.63, 3.8) is 0 Å². The minimum atomic E-state index is -0.642. The number of ether oxygens (including phenoxy) is 1. The summed E-state index contributed by atoms with van der Waals surface area (Å²) in [7, 11) is 0. The van der Waals surface area contributed by atoms with Crippen LogP contribution in [0.15, 0.2) is 91.3 Å². The Bertz CT molecular complexity index is 1280. The van der Waals surface area contributed by atoms with Crippen molar-refractivity contribution in [3.8, 4) is 16.9 Å². The van der Waals surface area contributed by atoms with E-state index < -0.39 is 5.91 Å². The van der Waals surface area contributed by atoms with Crippen LogP contribution in [0, 0.1) is 0 Å². The van der Waals surface area contributed by atoms with Crippen molar-refractivity contribution in [1.29, 1.82) is 0 Å². The van der Waals surface area contributed by atoms with E-state index in [-0.39, 0.29) is 24.5 Å². The minimum absolute atomic E-state index is 0.0749. The van der Waals surface area contributed by atoms with Gasteiger partial charge in [-0.1, -0.05) is 48.5 Å². The molecule has 4 aromatic rings. The highest BCUT2D eigenvalue weighted by Gasteiger charge is 2.12. The van der Waals surface area contributed by atoms with Crippen molar-refractivity contribution in [1.82, 2.24) is 20.8 Å². The Morgan fingerprint density at radius 1 is 0.857 bits per heavy atom. The van der Waals surface area contributed by atoms with Gasteiger partial charge in [-0.2, -0.15) is 0 Å². The Labute approximate surface area is 202 Å². The number of hydrogen-bond donors (Lipinski definition) is 3. The van der Waals surface area contributed by atoms with Gasteiger partial charge in [-0.25, -0.2) is 5.48 Å². The van der Waals surface area contributed by atoms with Gasteiger partial charge >= 0.3 is 0 Å². The average Bonchev–Trinajstić information content (AvgIpc) is 2.92. The lowest BCUT2D eigenvalue weighted by Crippen LogP contribution is -2.24. The number of hydrogen-bond acceptors (Lipinski definition) is 6. The first-order valence-electron chi connectivity index (χ1n) is 11.0. The monoisotopic (exact) mass is 468 g/mol. The first-order chi connectivity index (χ1) is 17.1. The Balaban J connectivity index is 1.31. The Hall–Kier alpha value is -4.56. The molecule has 2 heterocycles. The van der Waals surface area contributed by atoms with Crippen molar-refractivity contribution in [3.05, 3.63) is 114 Å². The second-order valence-corrected chi connectivity index (χ2v) is 7.73. The smallest absolute Gasteiger partial charge is 0.276 e. The first-order valence-corrected chi connectivity index (χ1v) is 11.0. The zero-order valence-electron chi connectivity index (χ0n) is 18.8. The zero-order chi connectivity index (χ0) is 24.5. The highest BCUT2D eigenvalue weighted by Crippen LogP contribution is 2.23. The van der Waals surface area contributed by atoms with E-state index in [0.29, 0.717) is 23.7 Å². The maximum absolute atomic E-state index is 12.2. The van der Waals surface area contributed by atoms with Gasteiger partial charge in [-0.3, -0.25) is 24.8 Å². The van der Waals surface area contributed by atoms with Gasteiger partial charge in [0.15, 0.2) is 0 Å². The summed E-state index contributed by atoms with van der Waals surface area (Å²) in [6, 6.07) is 24.1. The van der Waals surface area contributed by atoms with Crippen LogP contribution in [-0.2, 0) is 24.4 Å². The van der Waals surface area contributed by atoms with Gasteiger partial charge in [0.25, 0.3) is 5.91 Å². The lowest BCUT2D eigenvalue weighted by atomic mass is 10.1. The van der Waals surface area contributed by atoms with E-state index in [1.807, 2.05) is 66.7 Å². The predicted molar refractivity (Wildman–Crippen MR) is 129 cm³/mol. The fourth-order valence-corrected chi connectivity index (χ4v) is 3.44. The normalized spacial score (nSPS) is 10.4. The number of carbonyl (C=O) groups excluding carboxylic acids is 2. The first kappa shape index (κ1) is 23.6. The molecule has 2 aromatic heterocycles. The van der Waals surface area contributed by atoms with Crippen LogP contribution in [0.2, 0.25) is 0 Å². The van der Waals surface area contributed by atoms with Gasteiger partial charge < -0.3 is 10.1 Å². The largest absolute Gasteiger partial charge is 0.487 e. The summed E-state index contributed by atoms with van der Waals surface area (Å²) in [5.74, 6) is -0.116. The second kappa shape index (κ2) is 11.5. The lowest BCUT2D eigenvalue weighted by molar-refractivity contribution is -0.120. The molecule has 0 aliphatic heterocycles. The van der Waals surface area contributed by atoms with Gasteiger partial charge in [0.1, 0.15) is 12.4 Å². The predicted octanol–water partition coefficient (Wildman–Crippen LogP) is 3.70. The molecule has 8 heteroatoms. The van der Waals surface area contributed by atoms with Gasteiger partial charge in [-0.05, 0) is 41.5 Å². The third kappa shape index (κ3) is 6.49. The summed E-state index contributed by atoms with van der Waals surface area (Å²) in [5, 5.41) is 11.8. The van der Waals surface area contributed by atoms with Crippen LogP contribution in [0.25, 0.3) is 11.1 Å². The summed E-state index contributed by atoms with van der Waals surface area (Å²) in [5.41, 5.74) is 5.87. The maximum atomic E-state index is 12.2. The van der Waals surface area contributed by atoms with Crippen molar-refractivity contribution in [2.24, 2.45) is 0 Å². The molecular formula is C27H24N4O4. The average molecular weight is 469 g/mol. The number of benzene rings is 2. The van der Waals surface area contributed by atoms with E-state index in [9.17, 15) is 9.59 Å². The quantitative estimate of drug-likeness (QED) is 0.255. The summed E-state index contributed by atoms with van der Waals surface area (Å²) in [6.45, 7) is 0.563. The van der Waals surface area contributed by atoms with Crippen molar-refractivity contribution < 1.29 is 19.5 Å². The number of amides is 2. The molecule has 0 aliphatic carbocycles.